The highest BCUT2D eigenvalue weighted by atomic mass is 16.2. The van der Waals surface area contributed by atoms with E-state index in [-0.39, 0.29) is 11.9 Å². The predicted octanol–water partition coefficient (Wildman–Crippen LogP) is 2.24. The fraction of sp³-hybridized carbons (Fsp3) is 0.667. The van der Waals surface area contributed by atoms with Gasteiger partial charge in [-0.3, -0.25) is 4.79 Å². The highest BCUT2D eigenvalue weighted by Crippen LogP contribution is 2.24. The minimum absolute atomic E-state index is 0.138. The lowest BCUT2D eigenvalue weighted by atomic mass is 10.0. The molecule has 0 aliphatic carbocycles. The van der Waals surface area contributed by atoms with Crippen LogP contribution in [0.2, 0.25) is 0 Å². The Bertz CT molecular complexity index is 562. The molecule has 1 aromatic heterocycles. The van der Waals surface area contributed by atoms with Crippen LogP contribution in [0.15, 0.2) is 18.3 Å². The number of amides is 1. The molecule has 5 nitrogen and oxygen atoms in total. The van der Waals surface area contributed by atoms with Crippen LogP contribution in [-0.2, 0) is 0 Å². The van der Waals surface area contributed by atoms with E-state index in [0.29, 0.717) is 6.04 Å². The van der Waals surface area contributed by atoms with Crippen molar-refractivity contribution in [2.75, 3.05) is 38.1 Å². The number of nitrogens with zero attached hydrogens (tertiary/aromatic N) is 4. The molecule has 1 amide bonds. The third-order valence-corrected chi connectivity index (χ3v) is 5.18. The lowest BCUT2D eigenvalue weighted by Gasteiger charge is -2.38. The summed E-state index contributed by atoms with van der Waals surface area (Å²) in [5.74, 6) is 1.09. The lowest BCUT2D eigenvalue weighted by molar-refractivity contribution is 0.0533. The third kappa shape index (κ3) is 3.50. The molecule has 2 fully saturated rings. The van der Waals surface area contributed by atoms with Gasteiger partial charge in [0.1, 0.15) is 5.82 Å². The molecule has 2 aliphatic heterocycles. The maximum atomic E-state index is 12.9. The Morgan fingerprint density at radius 3 is 2.74 bits per heavy atom. The topological polar surface area (TPSA) is 39.7 Å². The van der Waals surface area contributed by atoms with Gasteiger partial charge in [-0.25, -0.2) is 4.98 Å². The second-order valence-electron chi connectivity index (χ2n) is 7.05. The quantitative estimate of drug-likeness (QED) is 0.839. The number of piperidine rings is 1. The third-order valence-electron chi connectivity index (χ3n) is 5.18. The standard InChI is InChI=1S/C18H28N4O/c1-14-6-4-5-9-21(14)17-12-16(7-8-19-17)18(23)22-11-10-20(3)13-15(22)2/h7-8,12,14-15H,4-6,9-11,13H2,1-3H3/t14-,15-/m1/s1. The van der Waals surface area contributed by atoms with Gasteiger partial charge in [-0.15, -0.1) is 0 Å². The molecule has 0 aromatic carbocycles. The number of hydrogen-bond donors (Lipinski definition) is 0. The SMILES string of the molecule is C[C@@H]1CN(C)CCN1C(=O)c1ccnc(N2CCCC[C@H]2C)c1. The van der Waals surface area contributed by atoms with Crippen molar-refractivity contribution in [2.24, 2.45) is 0 Å². The molecule has 0 unspecified atom stereocenters. The Balaban J connectivity index is 1.77. The summed E-state index contributed by atoms with van der Waals surface area (Å²) in [7, 11) is 2.11. The molecule has 3 rings (SSSR count). The molecule has 23 heavy (non-hydrogen) atoms. The Labute approximate surface area is 139 Å². The maximum Gasteiger partial charge on any atom is 0.254 e. The summed E-state index contributed by atoms with van der Waals surface area (Å²) in [6.07, 6.45) is 5.48. The van der Waals surface area contributed by atoms with E-state index < -0.39 is 0 Å². The molecule has 0 N–H and O–H groups in total. The summed E-state index contributed by atoms with van der Waals surface area (Å²) < 4.78 is 0. The van der Waals surface area contributed by atoms with Gasteiger partial charge >= 0.3 is 0 Å². The van der Waals surface area contributed by atoms with E-state index in [4.69, 9.17) is 0 Å². The van der Waals surface area contributed by atoms with Crippen LogP contribution in [0.3, 0.4) is 0 Å². The predicted molar refractivity (Wildman–Crippen MR) is 92.9 cm³/mol. The number of carbonyl (C=O) groups is 1. The van der Waals surface area contributed by atoms with Crippen LogP contribution < -0.4 is 4.90 Å². The number of pyridine rings is 1. The number of aromatic nitrogens is 1. The first-order valence-corrected chi connectivity index (χ1v) is 8.78. The summed E-state index contributed by atoms with van der Waals surface area (Å²) in [6.45, 7) is 8.09. The van der Waals surface area contributed by atoms with Gasteiger partial charge in [-0.2, -0.15) is 0 Å². The van der Waals surface area contributed by atoms with Gasteiger partial charge in [0.2, 0.25) is 0 Å². The van der Waals surface area contributed by atoms with E-state index in [1.165, 1.54) is 19.3 Å². The molecule has 5 heteroatoms. The first kappa shape index (κ1) is 16.2. The van der Waals surface area contributed by atoms with E-state index >= 15 is 0 Å². The fourth-order valence-electron chi connectivity index (χ4n) is 3.75. The van der Waals surface area contributed by atoms with E-state index in [1.54, 1.807) is 6.20 Å². The molecule has 0 spiro atoms. The molecule has 1 aromatic rings. The Hall–Kier alpha value is -1.62. The molecule has 0 saturated carbocycles. The number of anilines is 1. The summed E-state index contributed by atoms with van der Waals surface area (Å²) in [5, 5.41) is 0. The molecule has 3 heterocycles. The number of piperazine rings is 1. The van der Waals surface area contributed by atoms with Crippen molar-refractivity contribution in [3.8, 4) is 0 Å². The van der Waals surface area contributed by atoms with Crippen molar-refractivity contribution < 1.29 is 4.79 Å². The normalized spacial score (nSPS) is 26.4. The summed E-state index contributed by atoms with van der Waals surface area (Å²) in [4.78, 5) is 24.0. The van der Waals surface area contributed by atoms with Crippen LogP contribution in [0.5, 0.6) is 0 Å². The van der Waals surface area contributed by atoms with Gasteiger partial charge in [-0.1, -0.05) is 0 Å². The van der Waals surface area contributed by atoms with Gasteiger partial charge in [0.15, 0.2) is 0 Å². The van der Waals surface area contributed by atoms with Gasteiger partial charge in [0, 0.05) is 50.0 Å². The number of likely N-dealkylation sites (N-methyl/N-ethyl adjacent to an activating group) is 1. The van der Waals surface area contributed by atoms with Crippen molar-refractivity contribution in [3.63, 3.8) is 0 Å². The zero-order valence-electron chi connectivity index (χ0n) is 14.5. The van der Waals surface area contributed by atoms with E-state index in [0.717, 1.165) is 37.6 Å². The second-order valence-corrected chi connectivity index (χ2v) is 7.05. The molecule has 2 aliphatic rings. The molecule has 126 valence electrons. The Kier molecular flexibility index (Phi) is 4.85. The smallest absolute Gasteiger partial charge is 0.254 e. The number of hydrogen-bond acceptors (Lipinski definition) is 4. The number of rotatable bonds is 2. The molecule has 0 bridgehead atoms. The van der Waals surface area contributed by atoms with Crippen LogP contribution in [-0.4, -0.2) is 66.0 Å². The average Bonchev–Trinajstić information content (AvgIpc) is 2.55. The van der Waals surface area contributed by atoms with E-state index in [2.05, 4.69) is 35.7 Å². The highest BCUT2D eigenvalue weighted by Gasteiger charge is 2.27. The molecular formula is C18H28N4O. The van der Waals surface area contributed by atoms with Crippen LogP contribution in [0, 0.1) is 0 Å². The first-order valence-electron chi connectivity index (χ1n) is 8.78. The van der Waals surface area contributed by atoms with Crippen LogP contribution in [0.25, 0.3) is 0 Å². The minimum Gasteiger partial charge on any atom is -0.354 e. The summed E-state index contributed by atoms with van der Waals surface area (Å²) in [6, 6.07) is 4.59. The Morgan fingerprint density at radius 1 is 1.17 bits per heavy atom. The molecular weight excluding hydrogens is 288 g/mol. The van der Waals surface area contributed by atoms with Gasteiger partial charge in [-0.05, 0) is 52.3 Å². The van der Waals surface area contributed by atoms with Gasteiger partial charge in [0.25, 0.3) is 5.91 Å². The fourth-order valence-corrected chi connectivity index (χ4v) is 3.75. The zero-order chi connectivity index (χ0) is 16.4. The highest BCUT2D eigenvalue weighted by molar-refractivity contribution is 5.95. The van der Waals surface area contributed by atoms with Gasteiger partial charge in [0.05, 0.1) is 0 Å². The second kappa shape index (κ2) is 6.87. The van der Waals surface area contributed by atoms with Crippen molar-refractivity contribution in [3.05, 3.63) is 23.9 Å². The number of carbonyl (C=O) groups excluding carboxylic acids is 1. The van der Waals surface area contributed by atoms with E-state index in [9.17, 15) is 4.79 Å². The van der Waals surface area contributed by atoms with Crippen LogP contribution in [0.1, 0.15) is 43.5 Å². The van der Waals surface area contributed by atoms with Crippen molar-refractivity contribution in [1.29, 1.82) is 0 Å². The van der Waals surface area contributed by atoms with Crippen molar-refractivity contribution in [2.45, 2.75) is 45.2 Å². The summed E-state index contributed by atoms with van der Waals surface area (Å²) >= 11 is 0. The molecule has 0 radical (unpaired) electrons. The van der Waals surface area contributed by atoms with Crippen LogP contribution in [0.4, 0.5) is 5.82 Å². The van der Waals surface area contributed by atoms with E-state index in [1.807, 2.05) is 17.0 Å². The minimum atomic E-state index is 0.138. The monoisotopic (exact) mass is 316 g/mol. The van der Waals surface area contributed by atoms with Gasteiger partial charge < -0.3 is 14.7 Å². The Morgan fingerprint density at radius 2 is 2.00 bits per heavy atom. The van der Waals surface area contributed by atoms with Crippen LogP contribution >= 0.6 is 0 Å². The van der Waals surface area contributed by atoms with Crippen molar-refractivity contribution >= 4 is 11.7 Å². The largest absolute Gasteiger partial charge is 0.354 e. The van der Waals surface area contributed by atoms with Crippen molar-refractivity contribution in [1.82, 2.24) is 14.8 Å². The molecule has 2 atom stereocenters. The lowest BCUT2D eigenvalue weighted by Crippen LogP contribution is -2.52. The average molecular weight is 316 g/mol. The zero-order valence-corrected chi connectivity index (χ0v) is 14.5. The first-order chi connectivity index (χ1) is 11.1. The summed E-state index contributed by atoms with van der Waals surface area (Å²) in [5.41, 5.74) is 0.768. The maximum absolute atomic E-state index is 12.9. The molecule has 2 saturated heterocycles.